The van der Waals surface area contributed by atoms with Crippen LogP contribution in [0.15, 0.2) is 28.7 Å². The van der Waals surface area contributed by atoms with Crippen LogP contribution in [0.4, 0.5) is 0 Å². The van der Waals surface area contributed by atoms with Crippen LogP contribution in [0, 0.1) is 0 Å². The third kappa shape index (κ3) is 7.36. The Morgan fingerprint density at radius 3 is 2.53 bits per heavy atom. The van der Waals surface area contributed by atoms with Gasteiger partial charge in [-0.1, -0.05) is 15.9 Å². The van der Waals surface area contributed by atoms with Crippen molar-refractivity contribution in [3.63, 3.8) is 0 Å². The Labute approximate surface area is 111 Å². The molecular formula is C13H20BrNO2. The third-order valence-corrected chi connectivity index (χ3v) is 2.90. The van der Waals surface area contributed by atoms with Crippen LogP contribution >= 0.6 is 15.9 Å². The van der Waals surface area contributed by atoms with Gasteiger partial charge in [-0.3, -0.25) is 0 Å². The third-order valence-electron chi connectivity index (χ3n) is 2.37. The fourth-order valence-corrected chi connectivity index (χ4v) is 1.70. The molecule has 0 aromatic heterocycles. The molecule has 0 spiro atoms. The number of halogens is 1. The molecule has 0 aliphatic carbocycles. The molecule has 2 N–H and O–H groups in total. The van der Waals surface area contributed by atoms with E-state index in [4.69, 9.17) is 9.84 Å². The Balaban J connectivity index is 1.95. The molecule has 0 saturated heterocycles. The average Bonchev–Trinajstić information content (AvgIpc) is 2.35. The maximum Gasteiger partial charge on any atom is 0.119 e. The minimum Gasteiger partial charge on any atom is -0.492 e. The minimum atomic E-state index is 0.298. The minimum absolute atomic E-state index is 0.298. The van der Waals surface area contributed by atoms with Gasteiger partial charge >= 0.3 is 0 Å². The molecule has 1 aromatic rings. The van der Waals surface area contributed by atoms with Gasteiger partial charge in [0.2, 0.25) is 0 Å². The second kappa shape index (κ2) is 9.45. The molecule has 0 atom stereocenters. The van der Waals surface area contributed by atoms with E-state index in [0.717, 1.165) is 42.6 Å². The Morgan fingerprint density at radius 2 is 1.82 bits per heavy atom. The molecule has 0 aliphatic rings. The lowest BCUT2D eigenvalue weighted by atomic mass is 10.2. The van der Waals surface area contributed by atoms with Crippen molar-refractivity contribution in [1.82, 2.24) is 5.32 Å². The Morgan fingerprint density at radius 1 is 1.06 bits per heavy atom. The van der Waals surface area contributed by atoms with Gasteiger partial charge in [-0.2, -0.15) is 0 Å². The molecule has 0 saturated carbocycles. The highest BCUT2D eigenvalue weighted by Crippen LogP contribution is 2.15. The standard InChI is InChI=1S/C13H20BrNO2/c14-12-4-6-13(7-5-12)17-11-9-15-8-2-1-3-10-16/h4-7,15-16H,1-3,8-11H2. The first-order chi connectivity index (χ1) is 8.33. The van der Waals surface area contributed by atoms with Gasteiger partial charge in [-0.15, -0.1) is 0 Å². The Kier molecular flexibility index (Phi) is 8.05. The summed E-state index contributed by atoms with van der Waals surface area (Å²) < 4.78 is 6.63. The SMILES string of the molecule is OCCCCCNCCOc1ccc(Br)cc1. The highest BCUT2D eigenvalue weighted by atomic mass is 79.9. The fraction of sp³-hybridized carbons (Fsp3) is 0.538. The molecule has 0 amide bonds. The summed E-state index contributed by atoms with van der Waals surface area (Å²) in [6.07, 6.45) is 3.09. The van der Waals surface area contributed by atoms with E-state index in [-0.39, 0.29) is 0 Å². The molecule has 17 heavy (non-hydrogen) atoms. The van der Waals surface area contributed by atoms with Crippen LogP contribution in [0.3, 0.4) is 0 Å². The summed E-state index contributed by atoms with van der Waals surface area (Å²) in [5, 5.41) is 11.9. The van der Waals surface area contributed by atoms with E-state index in [0.29, 0.717) is 13.2 Å². The van der Waals surface area contributed by atoms with E-state index >= 15 is 0 Å². The predicted octanol–water partition coefficient (Wildman–Crippen LogP) is 2.58. The number of hydrogen-bond donors (Lipinski definition) is 2. The van der Waals surface area contributed by atoms with Gasteiger partial charge in [0.05, 0.1) is 0 Å². The van der Waals surface area contributed by atoms with Gasteiger partial charge in [0, 0.05) is 17.6 Å². The summed E-state index contributed by atoms with van der Waals surface area (Å²) in [4.78, 5) is 0. The number of aliphatic hydroxyl groups is 1. The van der Waals surface area contributed by atoms with Crippen LogP contribution < -0.4 is 10.1 Å². The normalized spacial score (nSPS) is 10.5. The van der Waals surface area contributed by atoms with Crippen molar-refractivity contribution in [3.8, 4) is 5.75 Å². The summed E-state index contributed by atoms with van der Waals surface area (Å²) in [6.45, 7) is 2.83. The van der Waals surface area contributed by atoms with E-state index in [2.05, 4.69) is 21.2 Å². The number of nitrogens with one attached hydrogen (secondary N) is 1. The molecule has 0 unspecified atom stereocenters. The van der Waals surface area contributed by atoms with Crippen LogP contribution in [0.1, 0.15) is 19.3 Å². The van der Waals surface area contributed by atoms with Crippen LogP contribution in [0.25, 0.3) is 0 Å². The van der Waals surface area contributed by atoms with Crippen molar-refractivity contribution in [3.05, 3.63) is 28.7 Å². The second-order valence-electron chi connectivity index (χ2n) is 3.84. The fourth-order valence-electron chi connectivity index (χ4n) is 1.44. The van der Waals surface area contributed by atoms with Crippen molar-refractivity contribution >= 4 is 15.9 Å². The number of benzene rings is 1. The first-order valence-electron chi connectivity index (χ1n) is 6.03. The highest BCUT2D eigenvalue weighted by Gasteiger charge is 1.93. The Hall–Kier alpha value is -0.580. The van der Waals surface area contributed by atoms with Crippen LogP contribution in [0.5, 0.6) is 5.75 Å². The van der Waals surface area contributed by atoms with Crippen LogP contribution in [-0.2, 0) is 0 Å². The topological polar surface area (TPSA) is 41.5 Å². The first kappa shape index (κ1) is 14.5. The molecule has 0 heterocycles. The second-order valence-corrected chi connectivity index (χ2v) is 4.75. The van der Waals surface area contributed by atoms with E-state index < -0.39 is 0 Å². The molecule has 1 rings (SSSR count). The summed E-state index contributed by atoms with van der Waals surface area (Å²) in [5.74, 6) is 0.898. The van der Waals surface area contributed by atoms with Gasteiger partial charge in [0.25, 0.3) is 0 Å². The van der Waals surface area contributed by atoms with Crippen molar-refractivity contribution in [2.24, 2.45) is 0 Å². The van der Waals surface area contributed by atoms with Gasteiger partial charge in [0.1, 0.15) is 12.4 Å². The van der Waals surface area contributed by atoms with Crippen molar-refractivity contribution < 1.29 is 9.84 Å². The van der Waals surface area contributed by atoms with Gasteiger partial charge < -0.3 is 15.2 Å². The zero-order valence-corrected chi connectivity index (χ0v) is 11.6. The monoisotopic (exact) mass is 301 g/mol. The lowest BCUT2D eigenvalue weighted by Crippen LogP contribution is -2.22. The van der Waals surface area contributed by atoms with Gasteiger partial charge in [-0.25, -0.2) is 0 Å². The maximum absolute atomic E-state index is 8.61. The zero-order chi connectivity index (χ0) is 12.3. The molecule has 0 radical (unpaired) electrons. The van der Waals surface area contributed by atoms with E-state index in [1.807, 2.05) is 24.3 Å². The maximum atomic E-state index is 8.61. The molecule has 3 nitrogen and oxygen atoms in total. The molecule has 0 aliphatic heterocycles. The summed E-state index contributed by atoms with van der Waals surface area (Å²) in [5.41, 5.74) is 0. The highest BCUT2D eigenvalue weighted by molar-refractivity contribution is 9.10. The van der Waals surface area contributed by atoms with E-state index in [1.165, 1.54) is 0 Å². The molecule has 96 valence electrons. The molecule has 0 bridgehead atoms. The quantitative estimate of drug-likeness (QED) is 0.689. The van der Waals surface area contributed by atoms with Crippen LogP contribution in [0.2, 0.25) is 0 Å². The smallest absolute Gasteiger partial charge is 0.119 e. The zero-order valence-electron chi connectivity index (χ0n) is 9.99. The van der Waals surface area contributed by atoms with E-state index in [1.54, 1.807) is 0 Å². The van der Waals surface area contributed by atoms with Crippen molar-refractivity contribution in [2.45, 2.75) is 19.3 Å². The summed E-state index contributed by atoms with van der Waals surface area (Å²) >= 11 is 3.38. The Bertz CT molecular complexity index is 290. The number of aliphatic hydroxyl groups excluding tert-OH is 1. The summed E-state index contributed by atoms with van der Waals surface area (Å²) in [6, 6.07) is 7.84. The average molecular weight is 302 g/mol. The van der Waals surface area contributed by atoms with Crippen molar-refractivity contribution in [2.75, 3.05) is 26.3 Å². The number of unbranched alkanes of at least 4 members (excludes halogenated alkanes) is 2. The summed E-state index contributed by atoms with van der Waals surface area (Å²) in [7, 11) is 0. The molecule has 0 fully saturated rings. The van der Waals surface area contributed by atoms with E-state index in [9.17, 15) is 0 Å². The predicted molar refractivity (Wildman–Crippen MR) is 73.4 cm³/mol. The lowest BCUT2D eigenvalue weighted by Gasteiger charge is -2.07. The lowest BCUT2D eigenvalue weighted by molar-refractivity contribution is 0.281. The van der Waals surface area contributed by atoms with Gasteiger partial charge in [0.15, 0.2) is 0 Å². The number of ether oxygens (including phenoxy) is 1. The molecule has 1 aromatic carbocycles. The first-order valence-corrected chi connectivity index (χ1v) is 6.82. The number of rotatable bonds is 9. The van der Waals surface area contributed by atoms with Crippen molar-refractivity contribution in [1.29, 1.82) is 0 Å². The van der Waals surface area contributed by atoms with Gasteiger partial charge in [-0.05, 0) is 50.1 Å². The molecule has 4 heteroatoms. The molecular weight excluding hydrogens is 282 g/mol. The largest absolute Gasteiger partial charge is 0.492 e. The number of hydrogen-bond acceptors (Lipinski definition) is 3. The van der Waals surface area contributed by atoms with Crippen LogP contribution in [-0.4, -0.2) is 31.4 Å².